The molecule has 4 saturated heterocycles. The Balaban J connectivity index is 1.06. The molecule has 0 aromatic rings. The van der Waals surface area contributed by atoms with Crippen molar-refractivity contribution in [2.75, 3.05) is 45.2 Å². The second-order valence-electron chi connectivity index (χ2n) is 12.1. The minimum absolute atomic E-state index is 0.000905. The van der Waals surface area contributed by atoms with E-state index in [0.717, 1.165) is 43.3 Å². The monoisotopic (exact) mass is 581 g/mol. The highest BCUT2D eigenvalue weighted by atomic mass is 32.2. The van der Waals surface area contributed by atoms with Crippen molar-refractivity contribution in [1.82, 2.24) is 20.9 Å². The van der Waals surface area contributed by atoms with E-state index in [4.69, 9.17) is 15.2 Å². The lowest BCUT2D eigenvalue weighted by atomic mass is 9.88. The van der Waals surface area contributed by atoms with Crippen molar-refractivity contribution in [3.63, 3.8) is 0 Å². The van der Waals surface area contributed by atoms with Crippen LogP contribution >= 0.6 is 23.5 Å². The fourth-order valence-corrected chi connectivity index (χ4v) is 10.5. The van der Waals surface area contributed by atoms with Gasteiger partial charge in [-0.25, -0.2) is 0 Å². The largest absolute Gasteiger partial charge is 0.378 e. The Morgan fingerprint density at radius 2 is 1.92 bits per heavy atom. The number of rotatable bonds is 7. The van der Waals surface area contributed by atoms with Crippen LogP contribution in [0.2, 0.25) is 0 Å². The normalized spacial score (nSPS) is 43.3. The second-order valence-corrected chi connectivity index (χ2v) is 14.6. The second kappa shape index (κ2) is 12.6. The highest BCUT2D eigenvalue weighted by molar-refractivity contribution is 8.04. The third-order valence-electron chi connectivity index (χ3n) is 9.46. The molecule has 10 nitrogen and oxygen atoms in total. The number of amides is 1. The first-order valence-electron chi connectivity index (χ1n) is 14.8. The Morgan fingerprint density at radius 1 is 1.13 bits per heavy atom. The summed E-state index contributed by atoms with van der Waals surface area (Å²) in [5.41, 5.74) is 10.2. The van der Waals surface area contributed by atoms with Crippen LogP contribution < -0.4 is 27.4 Å². The Morgan fingerprint density at radius 3 is 2.72 bits per heavy atom. The molecule has 0 aromatic heterocycles. The van der Waals surface area contributed by atoms with Crippen LogP contribution in [-0.2, 0) is 19.1 Å². The zero-order valence-corrected chi connectivity index (χ0v) is 24.4. The van der Waals surface area contributed by atoms with Gasteiger partial charge in [0.2, 0.25) is 5.91 Å². The quantitative estimate of drug-likeness (QED) is 0.255. The van der Waals surface area contributed by atoms with Crippen LogP contribution in [-0.4, -0.2) is 115 Å². The van der Waals surface area contributed by atoms with Gasteiger partial charge in [-0.2, -0.15) is 11.8 Å². The summed E-state index contributed by atoms with van der Waals surface area (Å²) < 4.78 is 11.6. The molecule has 0 bridgehead atoms. The van der Waals surface area contributed by atoms with Crippen molar-refractivity contribution in [3.8, 4) is 0 Å². The van der Waals surface area contributed by atoms with Gasteiger partial charge in [0.15, 0.2) is 5.78 Å². The van der Waals surface area contributed by atoms with Crippen LogP contribution in [0.5, 0.6) is 0 Å². The number of nitrogens with zero attached hydrogens (tertiary/aromatic N) is 1. The van der Waals surface area contributed by atoms with Crippen molar-refractivity contribution >= 4 is 35.2 Å². The van der Waals surface area contributed by atoms with E-state index in [2.05, 4.69) is 26.6 Å². The van der Waals surface area contributed by atoms with E-state index in [1.165, 1.54) is 25.7 Å². The number of ketones is 1. The summed E-state index contributed by atoms with van der Waals surface area (Å²) in [6.07, 6.45) is 8.25. The number of piperidine rings is 1. The predicted octanol–water partition coefficient (Wildman–Crippen LogP) is -0.950. The van der Waals surface area contributed by atoms with E-state index < -0.39 is 0 Å². The molecule has 0 spiro atoms. The van der Waals surface area contributed by atoms with Crippen LogP contribution in [0.25, 0.3) is 0 Å². The number of morpholine rings is 1. The number of quaternary nitrogens is 1. The number of ether oxygens (including phenoxy) is 2. The molecule has 0 radical (unpaired) electrons. The van der Waals surface area contributed by atoms with Crippen molar-refractivity contribution < 1.29 is 24.8 Å². The minimum atomic E-state index is -0.360. The first kappa shape index (κ1) is 28.3. The van der Waals surface area contributed by atoms with Gasteiger partial charge in [0.05, 0.1) is 42.2 Å². The number of carbonyl (C=O) groups excluding carboxylic acids is 2. The van der Waals surface area contributed by atoms with E-state index in [1.54, 1.807) is 6.08 Å². The van der Waals surface area contributed by atoms with Gasteiger partial charge < -0.3 is 41.8 Å². The minimum Gasteiger partial charge on any atom is -0.378 e. The molecule has 10 atom stereocenters. The molecule has 6 rings (SSSR count). The van der Waals surface area contributed by atoms with Crippen LogP contribution in [0.15, 0.2) is 11.1 Å². The van der Waals surface area contributed by atoms with Crippen LogP contribution in [0.1, 0.15) is 38.5 Å². The number of primary amides is 1. The fourth-order valence-electron chi connectivity index (χ4n) is 7.30. The van der Waals surface area contributed by atoms with Gasteiger partial charge >= 0.3 is 0 Å². The zero-order valence-electron chi connectivity index (χ0n) is 22.7. The predicted molar refractivity (Wildman–Crippen MR) is 153 cm³/mol. The molecule has 6 aliphatic rings. The average Bonchev–Trinajstić information content (AvgIpc) is 3.58. The lowest BCUT2D eigenvalue weighted by Gasteiger charge is -2.40. The molecule has 0 aromatic carbocycles. The third-order valence-corrected chi connectivity index (χ3v) is 12.5. The third kappa shape index (κ3) is 6.33. The molecule has 5 fully saturated rings. The van der Waals surface area contributed by atoms with Crippen LogP contribution in [0, 0.1) is 5.92 Å². The molecule has 218 valence electrons. The summed E-state index contributed by atoms with van der Waals surface area (Å²) in [7, 11) is 0. The molecule has 8 N–H and O–H groups in total. The molecule has 8 unspecified atom stereocenters. The van der Waals surface area contributed by atoms with E-state index in [1.807, 2.05) is 23.5 Å². The van der Waals surface area contributed by atoms with E-state index in [0.29, 0.717) is 55.2 Å². The molecule has 1 amide bonds. The fraction of sp³-hybridized carbons (Fsp3) is 0.852. The maximum atomic E-state index is 13.0. The van der Waals surface area contributed by atoms with Gasteiger partial charge in [-0.05, 0) is 25.7 Å². The van der Waals surface area contributed by atoms with E-state index in [-0.39, 0.29) is 35.1 Å². The molecule has 5 aliphatic heterocycles. The number of nitrogens with one attached hydrogen (secondary N) is 3. The van der Waals surface area contributed by atoms with E-state index >= 15 is 0 Å². The van der Waals surface area contributed by atoms with Gasteiger partial charge in [0, 0.05) is 67.2 Å². The smallest absolute Gasteiger partial charge is 0.236 e. The maximum Gasteiger partial charge on any atom is 0.236 e. The van der Waals surface area contributed by atoms with Crippen molar-refractivity contribution in [1.29, 1.82) is 0 Å². The Hall–Kier alpha value is -0.860. The topological polar surface area (TPSA) is 146 Å². The highest BCUT2D eigenvalue weighted by Gasteiger charge is 2.50. The molecule has 1 saturated carbocycles. The molecule has 39 heavy (non-hydrogen) atoms. The number of carbonyl (C=O) groups is 2. The van der Waals surface area contributed by atoms with Gasteiger partial charge in [-0.15, -0.1) is 11.8 Å². The molecular formula is C27H45N6O4S2+. The summed E-state index contributed by atoms with van der Waals surface area (Å²) in [6.45, 7) is 4.48. The number of hydrogen-bond donors (Lipinski definition) is 5. The summed E-state index contributed by atoms with van der Waals surface area (Å²) in [6, 6.07) is 1.14. The van der Waals surface area contributed by atoms with Gasteiger partial charge in [-0.3, -0.25) is 9.59 Å². The van der Waals surface area contributed by atoms with Gasteiger partial charge in [0.25, 0.3) is 0 Å². The lowest BCUT2D eigenvalue weighted by molar-refractivity contribution is -0.431. The van der Waals surface area contributed by atoms with Crippen molar-refractivity contribution in [3.05, 3.63) is 11.1 Å². The van der Waals surface area contributed by atoms with Crippen molar-refractivity contribution in [2.24, 2.45) is 11.7 Å². The maximum absolute atomic E-state index is 13.0. The number of thioether (sulfide) groups is 2. The Bertz CT molecular complexity index is 936. The lowest BCUT2D eigenvalue weighted by Crippen LogP contribution is -2.72. The van der Waals surface area contributed by atoms with Crippen LogP contribution in [0.3, 0.4) is 0 Å². The molecule has 5 heterocycles. The zero-order chi connectivity index (χ0) is 26.9. The number of fused-ring (bicyclic) bond motifs is 1. The van der Waals surface area contributed by atoms with Crippen molar-refractivity contribution in [2.45, 2.75) is 91.4 Å². The first-order valence-corrected chi connectivity index (χ1v) is 16.7. The summed E-state index contributed by atoms with van der Waals surface area (Å²) in [5.74, 6) is 1.15. The summed E-state index contributed by atoms with van der Waals surface area (Å²) in [5, 5.41) is 12.8. The average molecular weight is 582 g/mol. The Labute approximate surface area is 239 Å². The highest BCUT2D eigenvalue weighted by Crippen LogP contribution is 2.47. The Kier molecular flexibility index (Phi) is 9.11. The number of nitrogens with two attached hydrogens (primary N) is 1. The van der Waals surface area contributed by atoms with Crippen LogP contribution in [0.4, 0.5) is 0 Å². The van der Waals surface area contributed by atoms with Gasteiger partial charge in [0.1, 0.15) is 12.1 Å². The van der Waals surface area contributed by atoms with Gasteiger partial charge in [-0.1, -0.05) is 6.42 Å². The first-order chi connectivity index (χ1) is 19.0. The summed E-state index contributed by atoms with van der Waals surface area (Å²) in [4.78, 5) is 27.6. The molecule has 12 heteroatoms. The standard InChI is InChI=1S/C27H44N6O4S2/c28-18-3-1-2-4-19(18)31-15-9-20(24(27(29)35)30-12-15)32-16-10-22(38-14-16)17-13-37-25-21(34)11-23(39-26(17)25)33-5-7-36-8-6-33/h11,15-20,22,24-26,30-32H,1-10,12-14,28H2,(H2,29,35)/p+1/t15?,16?,17?,18-,19+,20?,22?,24?,25?,26?/m1/s1. The molecule has 1 aliphatic carbocycles. The number of hydrogen-bond acceptors (Lipinski definition) is 10. The summed E-state index contributed by atoms with van der Waals surface area (Å²) >= 11 is 3.82. The SMILES string of the molecule is NC(=O)C1NCC(N[C@H]2CCCC[C@H]2[NH3+])CC1NC1CSC(C2COC3C(=O)C=C(N4CCOCC4)SC32)C1. The molecular weight excluding hydrogens is 536 g/mol. The van der Waals surface area contributed by atoms with E-state index in [9.17, 15) is 9.59 Å².